The number of nitrogens with one attached hydrogen (secondary N) is 1. The van der Waals surface area contributed by atoms with Crippen molar-refractivity contribution >= 4 is 11.6 Å². The summed E-state index contributed by atoms with van der Waals surface area (Å²) in [7, 11) is 0. The van der Waals surface area contributed by atoms with Crippen LogP contribution < -0.4 is 5.32 Å². The smallest absolute Gasteiger partial charge is 0.123 e. The van der Waals surface area contributed by atoms with E-state index in [9.17, 15) is 4.39 Å². The third-order valence-corrected chi connectivity index (χ3v) is 3.67. The first-order valence-electron chi connectivity index (χ1n) is 6.82. The molecule has 102 valence electrons. The van der Waals surface area contributed by atoms with Gasteiger partial charge in [-0.25, -0.2) is 4.39 Å². The highest BCUT2D eigenvalue weighted by atomic mass is 35.5. The van der Waals surface area contributed by atoms with Crippen LogP contribution in [0.15, 0.2) is 18.2 Å². The summed E-state index contributed by atoms with van der Waals surface area (Å²) >= 11 is 6.02. The van der Waals surface area contributed by atoms with Crippen molar-refractivity contribution < 1.29 is 4.39 Å². The molecule has 0 saturated heterocycles. The number of halogens is 2. The zero-order valence-corrected chi connectivity index (χ0v) is 12.1. The van der Waals surface area contributed by atoms with E-state index in [-0.39, 0.29) is 5.82 Å². The predicted molar refractivity (Wildman–Crippen MR) is 76.4 cm³/mol. The molecule has 1 N–H and O–H groups in total. The van der Waals surface area contributed by atoms with E-state index in [1.807, 2.05) is 0 Å². The van der Waals surface area contributed by atoms with Crippen LogP contribution in [-0.4, -0.2) is 6.54 Å². The van der Waals surface area contributed by atoms with Gasteiger partial charge in [0.05, 0.1) is 0 Å². The summed E-state index contributed by atoms with van der Waals surface area (Å²) in [6.07, 6.45) is 4.97. The summed E-state index contributed by atoms with van der Waals surface area (Å²) in [6.45, 7) is 6.05. The highest BCUT2D eigenvalue weighted by molar-refractivity contribution is 6.31. The molecule has 1 rings (SSSR count). The van der Waals surface area contributed by atoms with Crippen LogP contribution in [0.1, 0.15) is 45.1 Å². The second-order valence-corrected chi connectivity index (χ2v) is 5.19. The number of hydrogen-bond donors (Lipinski definition) is 1. The molecular formula is C15H23ClFN. The molecule has 1 nitrogen and oxygen atoms in total. The molecule has 0 aromatic heterocycles. The molecule has 0 spiro atoms. The van der Waals surface area contributed by atoms with E-state index in [2.05, 4.69) is 19.2 Å². The Morgan fingerprint density at radius 3 is 2.78 bits per heavy atom. The molecule has 1 atom stereocenters. The first kappa shape index (κ1) is 15.5. The van der Waals surface area contributed by atoms with Crippen LogP contribution >= 0.6 is 11.6 Å². The van der Waals surface area contributed by atoms with Gasteiger partial charge in [0.25, 0.3) is 0 Å². The maximum absolute atomic E-state index is 13.1. The van der Waals surface area contributed by atoms with E-state index in [0.29, 0.717) is 17.5 Å². The molecule has 1 unspecified atom stereocenters. The molecule has 0 aliphatic carbocycles. The van der Waals surface area contributed by atoms with Crippen LogP contribution in [0.3, 0.4) is 0 Å². The SMILES string of the molecule is CCCCC(CC)CNCc1cc(F)ccc1Cl. The average Bonchev–Trinajstić information content (AvgIpc) is 2.37. The van der Waals surface area contributed by atoms with Crippen molar-refractivity contribution in [2.45, 2.75) is 46.1 Å². The van der Waals surface area contributed by atoms with Crippen LogP contribution in [0.25, 0.3) is 0 Å². The Morgan fingerprint density at radius 1 is 1.33 bits per heavy atom. The fourth-order valence-electron chi connectivity index (χ4n) is 2.03. The standard InChI is InChI=1S/C15H23ClFN/c1-3-5-6-12(4-2)10-18-11-13-9-14(17)7-8-15(13)16/h7-9,12,18H,3-6,10-11H2,1-2H3. The van der Waals surface area contributed by atoms with E-state index in [1.54, 1.807) is 6.07 Å². The third-order valence-electron chi connectivity index (χ3n) is 3.30. The van der Waals surface area contributed by atoms with E-state index >= 15 is 0 Å². The maximum Gasteiger partial charge on any atom is 0.123 e. The quantitative estimate of drug-likeness (QED) is 0.717. The van der Waals surface area contributed by atoms with Crippen LogP contribution in [0.5, 0.6) is 0 Å². The first-order chi connectivity index (χ1) is 8.67. The Kier molecular flexibility index (Phi) is 7.29. The van der Waals surface area contributed by atoms with Gasteiger partial charge in [-0.2, -0.15) is 0 Å². The van der Waals surface area contributed by atoms with E-state index in [1.165, 1.54) is 37.8 Å². The van der Waals surface area contributed by atoms with Crippen molar-refractivity contribution in [2.75, 3.05) is 6.54 Å². The zero-order chi connectivity index (χ0) is 13.4. The Bertz CT molecular complexity index is 354. The largest absolute Gasteiger partial charge is 0.312 e. The lowest BCUT2D eigenvalue weighted by molar-refractivity contribution is 0.419. The van der Waals surface area contributed by atoms with Gasteiger partial charge in [0.2, 0.25) is 0 Å². The molecule has 0 amide bonds. The second kappa shape index (κ2) is 8.49. The minimum absolute atomic E-state index is 0.228. The lowest BCUT2D eigenvalue weighted by Gasteiger charge is -2.15. The molecule has 0 bridgehead atoms. The summed E-state index contributed by atoms with van der Waals surface area (Å²) in [5.41, 5.74) is 0.835. The summed E-state index contributed by atoms with van der Waals surface area (Å²) in [5, 5.41) is 4.01. The summed E-state index contributed by atoms with van der Waals surface area (Å²) < 4.78 is 13.1. The highest BCUT2D eigenvalue weighted by Crippen LogP contribution is 2.17. The number of unbranched alkanes of at least 4 members (excludes halogenated alkanes) is 1. The van der Waals surface area contributed by atoms with Crippen LogP contribution in [0.2, 0.25) is 5.02 Å². The monoisotopic (exact) mass is 271 g/mol. The Labute approximate surface area is 115 Å². The van der Waals surface area contributed by atoms with Gasteiger partial charge in [0.1, 0.15) is 5.82 Å². The van der Waals surface area contributed by atoms with Gasteiger partial charge < -0.3 is 5.32 Å². The number of rotatable bonds is 8. The number of benzene rings is 1. The number of hydrogen-bond acceptors (Lipinski definition) is 1. The topological polar surface area (TPSA) is 12.0 Å². The summed E-state index contributed by atoms with van der Waals surface area (Å²) in [4.78, 5) is 0. The molecule has 18 heavy (non-hydrogen) atoms. The maximum atomic E-state index is 13.1. The van der Waals surface area contributed by atoms with Crippen LogP contribution in [0, 0.1) is 11.7 Å². The lowest BCUT2D eigenvalue weighted by atomic mass is 9.99. The highest BCUT2D eigenvalue weighted by Gasteiger charge is 2.06. The van der Waals surface area contributed by atoms with Gasteiger partial charge in [-0.15, -0.1) is 0 Å². The zero-order valence-electron chi connectivity index (χ0n) is 11.3. The van der Waals surface area contributed by atoms with Crippen molar-refractivity contribution in [1.29, 1.82) is 0 Å². The molecule has 3 heteroatoms. The first-order valence-corrected chi connectivity index (χ1v) is 7.19. The summed E-state index contributed by atoms with van der Waals surface area (Å²) in [5.74, 6) is 0.478. The van der Waals surface area contributed by atoms with Crippen LogP contribution in [-0.2, 0) is 6.54 Å². The third kappa shape index (κ3) is 5.36. The van der Waals surface area contributed by atoms with Gasteiger partial charge in [-0.1, -0.05) is 44.7 Å². The Hall–Kier alpha value is -0.600. The van der Waals surface area contributed by atoms with Gasteiger partial charge in [-0.3, -0.25) is 0 Å². The van der Waals surface area contributed by atoms with Crippen molar-refractivity contribution in [3.63, 3.8) is 0 Å². The molecule has 0 aliphatic heterocycles. The normalized spacial score (nSPS) is 12.7. The fraction of sp³-hybridized carbons (Fsp3) is 0.600. The van der Waals surface area contributed by atoms with Crippen LogP contribution in [0.4, 0.5) is 4.39 Å². The van der Waals surface area contributed by atoms with E-state index in [0.717, 1.165) is 12.1 Å². The predicted octanol–water partition coefficient (Wildman–Crippen LogP) is 4.79. The lowest BCUT2D eigenvalue weighted by Crippen LogP contribution is -2.22. The molecule has 0 heterocycles. The molecule has 1 aromatic carbocycles. The van der Waals surface area contributed by atoms with Gasteiger partial charge >= 0.3 is 0 Å². The van der Waals surface area contributed by atoms with E-state index < -0.39 is 0 Å². The van der Waals surface area contributed by atoms with E-state index in [4.69, 9.17) is 11.6 Å². The van der Waals surface area contributed by atoms with Crippen molar-refractivity contribution in [1.82, 2.24) is 5.32 Å². The van der Waals surface area contributed by atoms with Gasteiger partial charge in [-0.05, 0) is 42.6 Å². The van der Waals surface area contributed by atoms with Gasteiger partial charge in [0.15, 0.2) is 0 Å². The average molecular weight is 272 g/mol. The Balaban J connectivity index is 2.37. The van der Waals surface area contributed by atoms with Crippen molar-refractivity contribution in [3.8, 4) is 0 Å². The van der Waals surface area contributed by atoms with Gasteiger partial charge in [0, 0.05) is 11.6 Å². The molecule has 0 fully saturated rings. The second-order valence-electron chi connectivity index (χ2n) is 4.78. The fourth-order valence-corrected chi connectivity index (χ4v) is 2.22. The molecule has 1 aromatic rings. The minimum Gasteiger partial charge on any atom is -0.312 e. The molecular weight excluding hydrogens is 249 g/mol. The minimum atomic E-state index is -0.228. The van der Waals surface area contributed by atoms with Crippen molar-refractivity contribution in [2.24, 2.45) is 5.92 Å². The van der Waals surface area contributed by atoms with Crippen molar-refractivity contribution in [3.05, 3.63) is 34.6 Å². The summed E-state index contributed by atoms with van der Waals surface area (Å²) in [6, 6.07) is 4.51. The molecule has 0 radical (unpaired) electrons. The molecule has 0 saturated carbocycles. The molecule has 0 aliphatic rings. The Morgan fingerprint density at radius 2 is 2.11 bits per heavy atom.